The minimum atomic E-state index is 0. The monoisotopic (exact) mass is 444 g/mol. The Balaban J connectivity index is 0.00000288. The predicted molar refractivity (Wildman–Crippen MR) is 114 cm³/mol. The molecule has 0 atom stereocenters. The molecule has 1 aliphatic rings. The number of benzene rings is 1. The molecule has 0 saturated carbocycles. The number of halogens is 1. The topological polar surface area (TPSA) is 44.9 Å². The summed E-state index contributed by atoms with van der Waals surface area (Å²) in [5, 5.41) is 0. The van der Waals surface area contributed by atoms with E-state index in [2.05, 4.69) is 60.0 Å². The molecule has 1 saturated heterocycles. The van der Waals surface area contributed by atoms with Crippen LogP contribution in [-0.2, 0) is 13.1 Å². The summed E-state index contributed by atoms with van der Waals surface area (Å²) in [4.78, 5) is 9.27. The van der Waals surface area contributed by atoms with Crippen molar-refractivity contribution in [3.05, 3.63) is 35.4 Å². The van der Waals surface area contributed by atoms with Crippen LogP contribution in [0.5, 0.6) is 0 Å². The molecule has 0 aromatic heterocycles. The smallest absolute Gasteiger partial charge is 0.191 e. The highest BCUT2D eigenvalue weighted by molar-refractivity contribution is 14.0. The van der Waals surface area contributed by atoms with Crippen LogP contribution in [0, 0.1) is 0 Å². The van der Waals surface area contributed by atoms with Gasteiger partial charge in [0.2, 0.25) is 0 Å². The molecule has 0 aliphatic carbocycles. The average molecular weight is 444 g/mol. The lowest BCUT2D eigenvalue weighted by molar-refractivity contribution is 0.265. The number of guanidine groups is 1. The summed E-state index contributed by atoms with van der Waals surface area (Å²) < 4.78 is 0. The number of likely N-dealkylation sites (tertiary alicyclic amines) is 1. The molecule has 24 heavy (non-hydrogen) atoms. The second-order valence-electron chi connectivity index (χ2n) is 6.85. The van der Waals surface area contributed by atoms with Crippen LogP contribution >= 0.6 is 24.0 Å². The summed E-state index contributed by atoms with van der Waals surface area (Å²) in [7, 11) is 2.16. The van der Waals surface area contributed by atoms with E-state index in [9.17, 15) is 0 Å². The Kier molecular flexibility index (Phi) is 9.66. The third-order valence-corrected chi connectivity index (χ3v) is 4.76. The molecule has 136 valence electrons. The van der Waals surface area contributed by atoms with E-state index in [0.717, 1.165) is 19.6 Å². The first-order chi connectivity index (χ1) is 11.1. The number of hydrogen-bond donors (Lipinski definition) is 1. The van der Waals surface area contributed by atoms with E-state index in [-0.39, 0.29) is 24.0 Å². The first-order valence-corrected chi connectivity index (χ1v) is 8.90. The van der Waals surface area contributed by atoms with Gasteiger partial charge in [0.25, 0.3) is 0 Å². The lowest BCUT2D eigenvalue weighted by Gasteiger charge is -2.23. The van der Waals surface area contributed by atoms with Crippen molar-refractivity contribution in [2.24, 2.45) is 10.7 Å². The Hall–Kier alpha value is -0.820. The Morgan fingerprint density at radius 2 is 1.71 bits per heavy atom. The summed E-state index contributed by atoms with van der Waals surface area (Å²) in [6, 6.07) is 9.10. The van der Waals surface area contributed by atoms with Crippen LogP contribution in [0.3, 0.4) is 0 Å². The molecule has 5 heteroatoms. The molecule has 4 nitrogen and oxygen atoms in total. The van der Waals surface area contributed by atoms with Crippen LogP contribution in [0.4, 0.5) is 0 Å². The van der Waals surface area contributed by atoms with Crippen LogP contribution in [0.2, 0.25) is 0 Å². The maximum atomic E-state index is 6.23. The zero-order valence-corrected chi connectivity index (χ0v) is 17.7. The molecule has 2 rings (SSSR count). The maximum absolute atomic E-state index is 6.23. The fourth-order valence-electron chi connectivity index (χ4n) is 2.88. The first-order valence-electron chi connectivity index (χ1n) is 8.90. The number of rotatable bonds is 5. The fraction of sp³-hybridized carbons (Fsp3) is 0.632. The molecular weight excluding hydrogens is 411 g/mol. The first kappa shape index (κ1) is 21.2. The van der Waals surface area contributed by atoms with Crippen molar-refractivity contribution in [1.29, 1.82) is 0 Å². The molecule has 1 heterocycles. The Labute approximate surface area is 164 Å². The maximum Gasteiger partial charge on any atom is 0.191 e. The Morgan fingerprint density at radius 1 is 1.12 bits per heavy atom. The van der Waals surface area contributed by atoms with Crippen LogP contribution in [0.25, 0.3) is 0 Å². The number of aliphatic imine (C=N–C) groups is 1. The largest absolute Gasteiger partial charge is 0.370 e. The van der Waals surface area contributed by atoms with Gasteiger partial charge in [-0.2, -0.15) is 0 Å². The summed E-state index contributed by atoms with van der Waals surface area (Å²) in [5.74, 6) is 0.707. The Bertz CT molecular complexity index is 508. The van der Waals surface area contributed by atoms with Crippen LogP contribution < -0.4 is 5.73 Å². The fourth-order valence-corrected chi connectivity index (χ4v) is 2.88. The summed E-state index contributed by atoms with van der Waals surface area (Å²) >= 11 is 0. The molecule has 0 bridgehead atoms. The molecule has 1 fully saturated rings. The van der Waals surface area contributed by atoms with Crippen molar-refractivity contribution in [2.45, 2.75) is 58.7 Å². The molecule has 0 unspecified atom stereocenters. The van der Waals surface area contributed by atoms with Crippen molar-refractivity contribution in [3.63, 3.8) is 0 Å². The van der Waals surface area contributed by atoms with Crippen molar-refractivity contribution in [2.75, 3.05) is 20.1 Å². The van der Waals surface area contributed by atoms with Gasteiger partial charge < -0.3 is 10.6 Å². The van der Waals surface area contributed by atoms with Gasteiger partial charge >= 0.3 is 0 Å². The molecule has 1 aromatic carbocycles. The lowest BCUT2D eigenvalue weighted by Crippen LogP contribution is -2.38. The molecule has 0 amide bonds. The molecule has 0 radical (unpaired) electrons. The third-order valence-electron chi connectivity index (χ3n) is 4.76. The van der Waals surface area contributed by atoms with Gasteiger partial charge in [0.15, 0.2) is 5.96 Å². The molecular formula is C19H33IN4. The highest BCUT2D eigenvalue weighted by Gasteiger charge is 2.12. The molecule has 1 aliphatic heterocycles. The lowest BCUT2D eigenvalue weighted by atomic mass is 10.1. The van der Waals surface area contributed by atoms with E-state index in [0.29, 0.717) is 18.5 Å². The molecule has 1 aromatic rings. The van der Waals surface area contributed by atoms with Gasteiger partial charge in [-0.3, -0.25) is 4.90 Å². The second kappa shape index (κ2) is 10.9. The zero-order chi connectivity index (χ0) is 16.7. The molecule has 2 N–H and O–H groups in total. The van der Waals surface area contributed by atoms with Gasteiger partial charge in [-0.25, -0.2) is 4.99 Å². The van der Waals surface area contributed by atoms with Gasteiger partial charge in [-0.1, -0.05) is 37.1 Å². The zero-order valence-electron chi connectivity index (χ0n) is 15.4. The summed E-state index contributed by atoms with van der Waals surface area (Å²) in [6.45, 7) is 8.16. The highest BCUT2D eigenvalue weighted by atomic mass is 127. The van der Waals surface area contributed by atoms with Crippen molar-refractivity contribution >= 4 is 29.9 Å². The number of nitrogens with two attached hydrogens (primary N) is 1. The van der Waals surface area contributed by atoms with Gasteiger partial charge in [0.1, 0.15) is 0 Å². The van der Waals surface area contributed by atoms with Crippen LogP contribution in [0.1, 0.15) is 50.7 Å². The van der Waals surface area contributed by atoms with Crippen molar-refractivity contribution in [1.82, 2.24) is 9.80 Å². The SMILES string of the molecule is CC(C)N(C)Cc1ccccc1CN=C(N)N1CCCCCC1.I. The van der Waals surface area contributed by atoms with Gasteiger partial charge in [0.05, 0.1) is 6.54 Å². The van der Waals surface area contributed by atoms with Crippen LogP contribution in [-0.4, -0.2) is 41.9 Å². The standard InChI is InChI=1S/C19H32N4.HI/c1-16(2)22(3)15-18-11-7-6-10-17(18)14-21-19(20)23-12-8-4-5-9-13-23;/h6-7,10-11,16H,4-5,8-9,12-15H2,1-3H3,(H2,20,21);1H. The van der Waals surface area contributed by atoms with Crippen LogP contribution in [0.15, 0.2) is 29.3 Å². The third kappa shape index (κ3) is 6.59. The van der Waals surface area contributed by atoms with E-state index < -0.39 is 0 Å². The van der Waals surface area contributed by atoms with E-state index >= 15 is 0 Å². The average Bonchev–Trinajstić information content (AvgIpc) is 2.83. The van der Waals surface area contributed by atoms with E-state index in [1.807, 2.05) is 0 Å². The minimum Gasteiger partial charge on any atom is -0.370 e. The van der Waals surface area contributed by atoms with Gasteiger partial charge in [0, 0.05) is 25.7 Å². The summed E-state index contributed by atoms with van der Waals surface area (Å²) in [6.07, 6.45) is 5.08. The number of hydrogen-bond acceptors (Lipinski definition) is 2. The van der Waals surface area contributed by atoms with E-state index in [1.54, 1.807) is 0 Å². The van der Waals surface area contributed by atoms with Crippen molar-refractivity contribution < 1.29 is 0 Å². The second-order valence-corrected chi connectivity index (χ2v) is 6.85. The quantitative estimate of drug-likeness (QED) is 0.427. The van der Waals surface area contributed by atoms with E-state index in [4.69, 9.17) is 5.73 Å². The normalized spacial score (nSPS) is 16.2. The predicted octanol–water partition coefficient (Wildman–Crippen LogP) is 3.84. The van der Waals surface area contributed by atoms with Gasteiger partial charge in [-0.15, -0.1) is 24.0 Å². The molecule has 0 spiro atoms. The number of nitrogens with zero attached hydrogens (tertiary/aromatic N) is 3. The van der Waals surface area contributed by atoms with E-state index in [1.165, 1.54) is 36.8 Å². The minimum absolute atomic E-state index is 0. The van der Waals surface area contributed by atoms with Gasteiger partial charge in [-0.05, 0) is 44.9 Å². The summed E-state index contributed by atoms with van der Waals surface area (Å²) in [5.41, 5.74) is 8.85. The highest BCUT2D eigenvalue weighted by Crippen LogP contribution is 2.14. The Morgan fingerprint density at radius 3 is 2.29 bits per heavy atom. The van der Waals surface area contributed by atoms with Crippen molar-refractivity contribution in [3.8, 4) is 0 Å².